The fourth-order valence-electron chi connectivity index (χ4n) is 1.05. The van der Waals surface area contributed by atoms with Gasteiger partial charge in [0, 0.05) is 17.7 Å². The Hall–Kier alpha value is -1.19. The van der Waals surface area contributed by atoms with Gasteiger partial charge >= 0.3 is 0 Å². The highest BCUT2D eigenvalue weighted by molar-refractivity contribution is 6.30. The van der Waals surface area contributed by atoms with Crippen LogP contribution >= 0.6 is 11.6 Å². The molecule has 0 aliphatic carbocycles. The highest BCUT2D eigenvalue weighted by atomic mass is 35.5. The van der Waals surface area contributed by atoms with Crippen LogP contribution in [0.2, 0.25) is 5.02 Å². The molecule has 0 N–H and O–H groups in total. The van der Waals surface area contributed by atoms with E-state index in [1.807, 2.05) is 6.92 Å². The second kappa shape index (κ2) is 7.14. The van der Waals surface area contributed by atoms with Crippen LogP contribution in [0.5, 0.6) is 11.5 Å². The van der Waals surface area contributed by atoms with Crippen molar-refractivity contribution in [3.63, 3.8) is 0 Å². The van der Waals surface area contributed by atoms with Crippen molar-refractivity contribution >= 4 is 11.6 Å². The van der Waals surface area contributed by atoms with E-state index >= 15 is 0 Å². The molecule has 0 bridgehead atoms. The van der Waals surface area contributed by atoms with Crippen molar-refractivity contribution < 1.29 is 14.2 Å². The number of ether oxygens (including phenoxy) is 3. The lowest BCUT2D eigenvalue weighted by Crippen LogP contribution is -2.04. The summed E-state index contributed by atoms with van der Waals surface area (Å²) in [5.74, 6) is 1.20. The van der Waals surface area contributed by atoms with Gasteiger partial charge in [-0.05, 0) is 19.1 Å². The van der Waals surface area contributed by atoms with Crippen LogP contribution in [0.4, 0.5) is 0 Å². The van der Waals surface area contributed by atoms with Gasteiger partial charge in [0.15, 0.2) is 18.3 Å². The Morgan fingerprint density at radius 3 is 2.81 bits per heavy atom. The lowest BCUT2D eigenvalue weighted by atomic mass is 10.3. The number of halogens is 1. The molecule has 0 amide bonds. The van der Waals surface area contributed by atoms with Gasteiger partial charge in [-0.15, -0.1) is 0 Å². The zero-order valence-corrected chi connectivity index (χ0v) is 10.00. The lowest BCUT2D eigenvalue weighted by Gasteiger charge is -2.11. The molecule has 0 fully saturated rings. The Morgan fingerprint density at radius 1 is 1.31 bits per heavy atom. The van der Waals surface area contributed by atoms with Crippen molar-refractivity contribution in [2.45, 2.75) is 6.92 Å². The Bertz CT molecular complexity index is 339. The third-order valence-electron chi connectivity index (χ3n) is 1.76. The molecule has 4 heteroatoms. The molecule has 0 aliphatic rings. The van der Waals surface area contributed by atoms with E-state index in [9.17, 15) is 0 Å². The van der Waals surface area contributed by atoms with Crippen LogP contribution in [0.3, 0.4) is 0 Å². The summed E-state index contributed by atoms with van der Waals surface area (Å²) in [5, 5.41) is 0.595. The Kier molecular flexibility index (Phi) is 5.75. The maximum absolute atomic E-state index is 5.87. The highest BCUT2D eigenvalue weighted by Crippen LogP contribution is 2.30. The maximum Gasteiger partial charge on any atom is 0.189 e. The van der Waals surface area contributed by atoms with E-state index in [1.54, 1.807) is 24.3 Å². The minimum atomic E-state index is 0.182. The van der Waals surface area contributed by atoms with Gasteiger partial charge in [-0.25, -0.2) is 0 Å². The Labute approximate surface area is 101 Å². The van der Waals surface area contributed by atoms with Crippen LogP contribution < -0.4 is 9.47 Å². The molecule has 16 heavy (non-hydrogen) atoms. The predicted octanol–water partition coefficient (Wildman–Crippen LogP) is 3.28. The largest absolute Gasteiger partial charge is 0.486 e. The summed E-state index contributed by atoms with van der Waals surface area (Å²) >= 11 is 5.87. The molecule has 0 saturated carbocycles. The Balaban J connectivity index is 2.68. The zero-order valence-electron chi connectivity index (χ0n) is 9.24. The molecule has 0 unspecified atom stereocenters. The normalized spacial score (nSPS) is 9.88. The standard InChI is InChI=1S/C12H15ClO3/c1-3-7-15-11-6-5-10(13)8-12(11)16-9-14-4-2/h3,5-6,8H,1,4,7,9H2,2H3. The van der Waals surface area contributed by atoms with Crippen molar-refractivity contribution in [2.75, 3.05) is 20.0 Å². The lowest BCUT2D eigenvalue weighted by molar-refractivity contribution is 0.0207. The molecule has 88 valence electrons. The van der Waals surface area contributed by atoms with Gasteiger partial charge in [0.05, 0.1) is 0 Å². The maximum atomic E-state index is 5.87. The fourth-order valence-corrected chi connectivity index (χ4v) is 1.21. The van der Waals surface area contributed by atoms with Gasteiger partial charge in [-0.1, -0.05) is 24.3 Å². The van der Waals surface area contributed by atoms with Crippen LogP contribution in [0, 0.1) is 0 Å². The molecule has 3 nitrogen and oxygen atoms in total. The van der Waals surface area contributed by atoms with Crippen LogP contribution in [-0.2, 0) is 4.74 Å². The van der Waals surface area contributed by atoms with Crippen molar-refractivity contribution in [2.24, 2.45) is 0 Å². The molecule has 0 atom stereocenters. The minimum Gasteiger partial charge on any atom is -0.486 e. The topological polar surface area (TPSA) is 27.7 Å². The number of hydrogen-bond donors (Lipinski definition) is 0. The molecular formula is C12H15ClO3. The molecule has 0 aliphatic heterocycles. The minimum absolute atomic E-state index is 0.182. The van der Waals surface area contributed by atoms with Gasteiger partial charge in [0.2, 0.25) is 0 Å². The number of hydrogen-bond acceptors (Lipinski definition) is 3. The Morgan fingerprint density at radius 2 is 2.12 bits per heavy atom. The smallest absolute Gasteiger partial charge is 0.189 e. The molecule has 0 saturated heterocycles. The van der Waals surface area contributed by atoms with Crippen molar-refractivity contribution in [3.05, 3.63) is 35.9 Å². The molecule has 0 heterocycles. The van der Waals surface area contributed by atoms with Gasteiger partial charge in [-0.3, -0.25) is 0 Å². The third-order valence-corrected chi connectivity index (χ3v) is 2.00. The van der Waals surface area contributed by atoms with Gasteiger partial charge in [-0.2, -0.15) is 0 Å². The SMILES string of the molecule is C=CCOc1ccc(Cl)cc1OCOCC. The van der Waals surface area contributed by atoms with E-state index in [-0.39, 0.29) is 6.79 Å². The van der Waals surface area contributed by atoms with Crippen LogP contribution in [-0.4, -0.2) is 20.0 Å². The molecule has 1 rings (SSSR count). The van der Waals surface area contributed by atoms with E-state index in [1.165, 1.54) is 0 Å². The summed E-state index contributed by atoms with van der Waals surface area (Å²) in [5.41, 5.74) is 0. The monoisotopic (exact) mass is 242 g/mol. The molecule has 0 radical (unpaired) electrons. The average Bonchev–Trinajstić information content (AvgIpc) is 2.28. The quantitative estimate of drug-likeness (QED) is 0.417. The van der Waals surface area contributed by atoms with Crippen molar-refractivity contribution in [1.82, 2.24) is 0 Å². The van der Waals surface area contributed by atoms with E-state index in [0.717, 1.165) is 0 Å². The molecule has 1 aromatic rings. The average molecular weight is 243 g/mol. The van der Waals surface area contributed by atoms with Crippen molar-refractivity contribution in [1.29, 1.82) is 0 Å². The molecule has 0 aromatic heterocycles. The fraction of sp³-hybridized carbons (Fsp3) is 0.333. The van der Waals surface area contributed by atoms with E-state index in [2.05, 4.69) is 6.58 Å². The first-order chi connectivity index (χ1) is 7.77. The second-order valence-corrected chi connectivity index (χ2v) is 3.38. The third kappa shape index (κ3) is 4.13. The zero-order chi connectivity index (χ0) is 11.8. The van der Waals surface area contributed by atoms with Crippen LogP contribution in [0.15, 0.2) is 30.9 Å². The molecule has 1 aromatic carbocycles. The van der Waals surface area contributed by atoms with Crippen LogP contribution in [0.1, 0.15) is 6.92 Å². The first-order valence-corrected chi connectivity index (χ1v) is 5.39. The van der Waals surface area contributed by atoms with E-state index in [4.69, 9.17) is 25.8 Å². The summed E-state index contributed by atoms with van der Waals surface area (Å²) < 4.78 is 15.9. The molecule has 0 spiro atoms. The summed E-state index contributed by atoms with van der Waals surface area (Å²) in [6.07, 6.45) is 1.67. The first kappa shape index (κ1) is 12.9. The predicted molar refractivity (Wildman–Crippen MR) is 64.3 cm³/mol. The summed E-state index contributed by atoms with van der Waals surface area (Å²) in [4.78, 5) is 0. The van der Waals surface area contributed by atoms with Gasteiger partial charge < -0.3 is 14.2 Å². The summed E-state index contributed by atoms with van der Waals surface area (Å²) in [6, 6.07) is 5.19. The van der Waals surface area contributed by atoms with Gasteiger partial charge in [0.1, 0.15) is 6.61 Å². The number of rotatable bonds is 7. The van der Waals surface area contributed by atoms with E-state index in [0.29, 0.717) is 29.7 Å². The first-order valence-electron chi connectivity index (χ1n) is 5.01. The second-order valence-electron chi connectivity index (χ2n) is 2.95. The number of benzene rings is 1. The molecular weight excluding hydrogens is 228 g/mol. The van der Waals surface area contributed by atoms with E-state index < -0.39 is 0 Å². The van der Waals surface area contributed by atoms with Gasteiger partial charge in [0.25, 0.3) is 0 Å². The van der Waals surface area contributed by atoms with Crippen molar-refractivity contribution in [3.8, 4) is 11.5 Å². The summed E-state index contributed by atoms with van der Waals surface area (Å²) in [7, 11) is 0. The summed E-state index contributed by atoms with van der Waals surface area (Å²) in [6.45, 7) is 6.69. The van der Waals surface area contributed by atoms with Crippen LogP contribution in [0.25, 0.3) is 0 Å². The highest BCUT2D eigenvalue weighted by Gasteiger charge is 2.05.